The van der Waals surface area contributed by atoms with Gasteiger partial charge in [-0.1, -0.05) is 12.1 Å². The molecule has 0 aliphatic carbocycles. The number of aliphatic hydroxyl groups excluding tert-OH is 1. The van der Waals surface area contributed by atoms with Crippen LogP contribution in [-0.4, -0.2) is 36.6 Å². The van der Waals surface area contributed by atoms with E-state index in [1.54, 1.807) is 24.4 Å². The summed E-state index contributed by atoms with van der Waals surface area (Å²) in [5.74, 6) is 0.155. The minimum atomic E-state index is -0.000389. The molecule has 4 heteroatoms. The first-order valence-corrected chi connectivity index (χ1v) is 6.27. The summed E-state index contributed by atoms with van der Waals surface area (Å²) >= 11 is 0. The smallest absolute Gasteiger partial charge is 0.126 e. The molecule has 0 bridgehead atoms. The molecular formula is C16H16N2O2. The summed E-state index contributed by atoms with van der Waals surface area (Å²) in [7, 11) is 1.91. The first-order valence-electron chi connectivity index (χ1n) is 6.27. The highest BCUT2D eigenvalue weighted by Gasteiger charge is 2.06. The SMILES string of the molecule is CN(c1cc#ccc1)c1ccc(C=NCCO)c(O)c1. The highest BCUT2D eigenvalue weighted by molar-refractivity contribution is 5.84. The van der Waals surface area contributed by atoms with Crippen LogP contribution in [-0.2, 0) is 0 Å². The van der Waals surface area contributed by atoms with E-state index in [1.165, 1.54) is 0 Å². The molecule has 2 aromatic carbocycles. The Hall–Kier alpha value is -2.51. The number of aliphatic imine (C=N–C) groups is 1. The van der Waals surface area contributed by atoms with Crippen LogP contribution in [0.3, 0.4) is 0 Å². The molecule has 0 aliphatic rings. The van der Waals surface area contributed by atoms with Crippen molar-refractivity contribution in [2.24, 2.45) is 4.99 Å². The number of aromatic hydroxyl groups is 1. The summed E-state index contributed by atoms with van der Waals surface area (Å²) in [6.07, 6.45) is 1.56. The molecule has 0 fully saturated rings. The fourth-order valence-corrected chi connectivity index (χ4v) is 1.77. The van der Waals surface area contributed by atoms with Crippen molar-refractivity contribution in [3.8, 4) is 5.75 Å². The first kappa shape index (κ1) is 13.9. The maximum Gasteiger partial charge on any atom is 0.126 e. The van der Waals surface area contributed by atoms with Crippen molar-refractivity contribution in [2.75, 3.05) is 25.1 Å². The van der Waals surface area contributed by atoms with Crippen LogP contribution in [0.2, 0.25) is 0 Å². The number of rotatable bonds is 5. The number of nitrogens with zero attached hydrogens (tertiary/aromatic N) is 2. The van der Waals surface area contributed by atoms with Crippen molar-refractivity contribution in [3.63, 3.8) is 0 Å². The average Bonchev–Trinajstić information content (AvgIpc) is 2.49. The molecular weight excluding hydrogens is 252 g/mol. The van der Waals surface area contributed by atoms with Crippen LogP contribution >= 0.6 is 0 Å². The Labute approximate surface area is 118 Å². The van der Waals surface area contributed by atoms with E-state index >= 15 is 0 Å². The summed E-state index contributed by atoms with van der Waals surface area (Å²) in [6, 6.07) is 16.7. The molecule has 20 heavy (non-hydrogen) atoms. The molecule has 0 unspecified atom stereocenters. The van der Waals surface area contributed by atoms with Crippen LogP contribution in [0.5, 0.6) is 5.75 Å². The van der Waals surface area contributed by atoms with Gasteiger partial charge < -0.3 is 15.1 Å². The van der Waals surface area contributed by atoms with Gasteiger partial charge in [0, 0.05) is 42.3 Å². The predicted octanol–water partition coefficient (Wildman–Crippen LogP) is 2.17. The second-order valence-corrected chi connectivity index (χ2v) is 4.25. The quantitative estimate of drug-likeness (QED) is 0.817. The Morgan fingerprint density at radius 3 is 2.75 bits per heavy atom. The van der Waals surface area contributed by atoms with Gasteiger partial charge in [-0.3, -0.25) is 4.99 Å². The van der Waals surface area contributed by atoms with Crippen LogP contribution in [0.25, 0.3) is 0 Å². The van der Waals surface area contributed by atoms with Crippen molar-refractivity contribution < 1.29 is 10.2 Å². The predicted molar refractivity (Wildman–Crippen MR) is 79.8 cm³/mol. The molecule has 2 aromatic rings. The van der Waals surface area contributed by atoms with Gasteiger partial charge >= 0.3 is 0 Å². The first-order chi connectivity index (χ1) is 9.72. The molecule has 0 aromatic heterocycles. The minimum Gasteiger partial charge on any atom is -0.507 e. The largest absolute Gasteiger partial charge is 0.507 e. The molecule has 0 atom stereocenters. The van der Waals surface area contributed by atoms with Crippen LogP contribution < -0.4 is 4.90 Å². The Balaban J connectivity index is 2.20. The molecule has 0 saturated carbocycles. The van der Waals surface area contributed by atoms with Crippen molar-refractivity contribution >= 4 is 17.6 Å². The number of hydrogen-bond acceptors (Lipinski definition) is 4. The van der Waals surface area contributed by atoms with E-state index in [2.05, 4.69) is 17.1 Å². The van der Waals surface area contributed by atoms with E-state index < -0.39 is 0 Å². The third kappa shape index (κ3) is 3.28. The summed E-state index contributed by atoms with van der Waals surface area (Å²) in [4.78, 5) is 5.94. The highest BCUT2D eigenvalue weighted by Crippen LogP contribution is 2.27. The van der Waals surface area contributed by atoms with Crippen LogP contribution in [0.1, 0.15) is 5.56 Å². The molecule has 2 rings (SSSR count). The van der Waals surface area contributed by atoms with Gasteiger partial charge in [0.25, 0.3) is 0 Å². The van der Waals surface area contributed by atoms with Gasteiger partial charge in [-0.15, -0.1) is 0 Å². The normalized spacial score (nSPS) is 10.5. The lowest BCUT2D eigenvalue weighted by Gasteiger charge is -2.19. The molecule has 102 valence electrons. The summed E-state index contributed by atoms with van der Waals surface area (Å²) in [5, 5.41) is 18.7. The van der Waals surface area contributed by atoms with Gasteiger partial charge in [-0.2, -0.15) is 0 Å². The average molecular weight is 268 g/mol. The third-order valence-electron chi connectivity index (χ3n) is 2.89. The molecule has 0 aliphatic heterocycles. The van der Waals surface area contributed by atoms with E-state index in [-0.39, 0.29) is 12.4 Å². The second-order valence-electron chi connectivity index (χ2n) is 4.25. The maximum absolute atomic E-state index is 9.99. The lowest BCUT2D eigenvalue weighted by atomic mass is 10.1. The molecule has 2 N–H and O–H groups in total. The van der Waals surface area contributed by atoms with Crippen LogP contribution in [0, 0.1) is 12.1 Å². The molecule has 0 radical (unpaired) electrons. The molecule has 0 spiro atoms. The molecule has 0 heterocycles. The lowest BCUT2D eigenvalue weighted by molar-refractivity contribution is 0.307. The Bertz CT molecular complexity index is 582. The van der Waals surface area contributed by atoms with Crippen molar-refractivity contribution in [1.82, 2.24) is 0 Å². The third-order valence-corrected chi connectivity index (χ3v) is 2.89. The fraction of sp³-hybridized carbons (Fsp3) is 0.188. The molecule has 0 saturated heterocycles. The van der Waals surface area contributed by atoms with E-state index in [9.17, 15) is 5.11 Å². The van der Waals surface area contributed by atoms with Gasteiger partial charge in [-0.05, 0) is 24.3 Å². The highest BCUT2D eigenvalue weighted by atomic mass is 16.3. The number of phenols is 1. The maximum atomic E-state index is 9.99. The summed E-state index contributed by atoms with van der Waals surface area (Å²) < 4.78 is 0. The van der Waals surface area contributed by atoms with Crippen molar-refractivity contribution in [2.45, 2.75) is 0 Å². The number of phenolic OH excluding ortho intramolecular Hbond substituents is 1. The monoisotopic (exact) mass is 268 g/mol. The standard InChI is InChI=1S/C16H16N2O2/c1-18(14-5-3-2-4-6-14)15-8-7-13(16(20)11-15)12-17-9-10-19/h3,5-8,11-12,19-20H,9-10H2,1H3. The zero-order valence-electron chi connectivity index (χ0n) is 11.2. The number of benzene rings is 1. The van der Waals surface area contributed by atoms with Crippen molar-refractivity contribution in [3.05, 3.63) is 54.1 Å². The summed E-state index contributed by atoms with van der Waals surface area (Å²) in [5.41, 5.74) is 2.45. The van der Waals surface area contributed by atoms with Crippen molar-refractivity contribution in [1.29, 1.82) is 0 Å². The van der Waals surface area contributed by atoms with E-state index in [0.29, 0.717) is 12.1 Å². The minimum absolute atomic E-state index is 0.000389. The Kier molecular flexibility index (Phi) is 4.59. The Morgan fingerprint density at radius 2 is 2.10 bits per heavy atom. The van der Waals surface area contributed by atoms with Crippen LogP contribution in [0.15, 0.2) is 41.4 Å². The zero-order chi connectivity index (χ0) is 14.4. The lowest BCUT2D eigenvalue weighted by Crippen LogP contribution is -2.08. The van der Waals surface area contributed by atoms with Gasteiger partial charge in [-0.25, -0.2) is 0 Å². The van der Waals surface area contributed by atoms with Gasteiger partial charge in [0.05, 0.1) is 13.2 Å². The second kappa shape index (κ2) is 6.60. The summed E-state index contributed by atoms with van der Waals surface area (Å²) in [6.45, 7) is 0.330. The number of anilines is 2. The zero-order valence-corrected chi connectivity index (χ0v) is 11.2. The fourth-order valence-electron chi connectivity index (χ4n) is 1.77. The number of hydrogen-bond donors (Lipinski definition) is 2. The topological polar surface area (TPSA) is 56.1 Å². The van der Waals surface area contributed by atoms with E-state index in [1.807, 2.05) is 30.1 Å². The Morgan fingerprint density at radius 1 is 1.25 bits per heavy atom. The van der Waals surface area contributed by atoms with Crippen LogP contribution in [0.4, 0.5) is 11.4 Å². The van der Waals surface area contributed by atoms with Gasteiger partial charge in [0.1, 0.15) is 5.75 Å². The van der Waals surface area contributed by atoms with E-state index in [0.717, 1.165) is 11.4 Å². The van der Waals surface area contributed by atoms with Gasteiger partial charge in [0.15, 0.2) is 0 Å². The number of aliphatic hydroxyl groups is 1. The van der Waals surface area contributed by atoms with E-state index in [4.69, 9.17) is 5.11 Å². The van der Waals surface area contributed by atoms with Gasteiger partial charge in [0.2, 0.25) is 0 Å². The molecule has 0 amide bonds. The molecule has 4 nitrogen and oxygen atoms in total.